The molecule has 0 aromatic rings. The first-order chi connectivity index (χ1) is 5.15. The maximum Gasteiger partial charge on any atom is 0.306 e. The first-order valence-corrected chi connectivity index (χ1v) is 4.03. The average Bonchev–Trinajstić information content (AvgIpc) is 2.67. The first-order valence-electron chi connectivity index (χ1n) is 4.03. The molecule has 1 N–H and O–H groups in total. The average molecular weight is 158 g/mol. The van der Waals surface area contributed by atoms with Crippen LogP contribution in [0.15, 0.2) is 0 Å². The third kappa shape index (κ3) is 2.19. The third-order valence-corrected chi connectivity index (χ3v) is 2.10. The van der Waals surface area contributed by atoms with Crippen molar-refractivity contribution in [3.8, 4) is 0 Å². The van der Waals surface area contributed by atoms with E-state index in [2.05, 4.69) is 6.92 Å². The van der Waals surface area contributed by atoms with Gasteiger partial charge in [0.15, 0.2) is 0 Å². The summed E-state index contributed by atoms with van der Waals surface area (Å²) in [5.74, 6) is -0.994. The minimum atomic E-state index is -0.727. The van der Waals surface area contributed by atoms with Crippen molar-refractivity contribution in [2.45, 2.75) is 38.9 Å². The number of carbonyl (C=O) groups is 1. The molecular formula is C8H14O3. The number of carboxylic acid groups (broad SMARTS) is 1. The standard InChI is InChI=1S/C8H14O3/c1-3-6-7(11-6)4-5(2)8(9)10/h5-7H,3-4H2,1-2H3,(H,9,10). The van der Waals surface area contributed by atoms with Gasteiger partial charge in [0.1, 0.15) is 0 Å². The predicted molar refractivity (Wildman–Crippen MR) is 40.4 cm³/mol. The normalized spacial score (nSPS) is 31.5. The van der Waals surface area contributed by atoms with Crippen molar-refractivity contribution in [3.05, 3.63) is 0 Å². The molecule has 1 rings (SSSR count). The summed E-state index contributed by atoms with van der Waals surface area (Å²) in [6.45, 7) is 3.77. The first kappa shape index (κ1) is 8.53. The Bertz CT molecular complexity index is 155. The fourth-order valence-electron chi connectivity index (χ4n) is 1.19. The lowest BCUT2D eigenvalue weighted by atomic mass is 10.0. The van der Waals surface area contributed by atoms with Crippen molar-refractivity contribution in [1.82, 2.24) is 0 Å². The van der Waals surface area contributed by atoms with Crippen molar-refractivity contribution in [1.29, 1.82) is 0 Å². The minimum absolute atomic E-state index is 0.214. The number of epoxide rings is 1. The molecule has 1 heterocycles. The van der Waals surface area contributed by atoms with E-state index in [9.17, 15) is 4.79 Å². The van der Waals surface area contributed by atoms with Crippen LogP contribution in [0.4, 0.5) is 0 Å². The molecule has 3 heteroatoms. The number of hydrogen-bond donors (Lipinski definition) is 1. The monoisotopic (exact) mass is 158 g/mol. The SMILES string of the molecule is CCC1OC1CC(C)C(=O)O. The second-order valence-corrected chi connectivity index (χ2v) is 3.10. The molecule has 0 aliphatic carbocycles. The summed E-state index contributed by atoms with van der Waals surface area (Å²) < 4.78 is 5.22. The highest BCUT2D eigenvalue weighted by Gasteiger charge is 2.38. The summed E-state index contributed by atoms with van der Waals surface area (Å²) in [7, 11) is 0. The highest BCUT2D eigenvalue weighted by molar-refractivity contribution is 5.69. The van der Waals surface area contributed by atoms with Crippen LogP contribution >= 0.6 is 0 Å². The van der Waals surface area contributed by atoms with Crippen molar-refractivity contribution >= 4 is 5.97 Å². The summed E-state index contributed by atoms with van der Waals surface area (Å²) >= 11 is 0. The zero-order chi connectivity index (χ0) is 8.43. The zero-order valence-electron chi connectivity index (χ0n) is 6.91. The van der Waals surface area contributed by atoms with Crippen molar-refractivity contribution in [2.24, 2.45) is 5.92 Å². The molecule has 11 heavy (non-hydrogen) atoms. The second-order valence-electron chi connectivity index (χ2n) is 3.10. The van der Waals surface area contributed by atoms with Gasteiger partial charge in [0.05, 0.1) is 18.1 Å². The number of aliphatic carboxylic acids is 1. The number of rotatable bonds is 4. The molecule has 3 unspecified atom stereocenters. The van der Waals surface area contributed by atoms with E-state index < -0.39 is 5.97 Å². The van der Waals surface area contributed by atoms with E-state index in [0.717, 1.165) is 6.42 Å². The van der Waals surface area contributed by atoms with Crippen LogP contribution in [0, 0.1) is 5.92 Å². The molecule has 1 fully saturated rings. The summed E-state index contributed by atoms with van der Waals surface area (Å²) in [4.78, 5) is 10.4. The molecule has 3 atom stereocenters. The van der Waals surface area contributed by atoms with Crippen LogP contribution in [-0.2, 0) is 9.53 Å². The van der Waals surface area contributed by atoms with Crippen LogP contribution in [0.2, 0.25) is 0 Å². The van der Waals surface area contributed by atoms with Gasteiger partial charge < -0.3 is 9.84 Å². The van der Waals surface area contributed by atoms with Crippen LogP contribution in [0.1, 0.15) is 26.7 Å². The lowest BCUT2D eigenvalue weighted by Crippen LogP contribution is -2.12. The Kier molecular flexibility index (Phi) is 2.49. The van der Waals surface area contributed by atoms with E-state index in [4.69, 9.17) is 9.84 Å². The molecule has 0 bridgehead atoms. The Labute approximate surface area is 66.4 Å². The molecule has 1 aliphatic heterocycles. The topological polar surface area (TPSA) is 49.8 Å². The Balaban J connectivity index is 2.18. The van der Waals surface area contributed by atoms with Crippen molar-refractivity contribution < 1.29 is 14.6 Å². The lowest BCUT2D eigenvalue weighted by Gasteiger charge is -2.00. The van der Waals surface area contributed by atoms with Crippen LogP contribution < -0.4 is 0 Å². The highest BCUT2D eigenvalue weighted by atomic mass is 16.6. The van der Waals surface area contributed by atoms with Crippen LogP contribution in [0.25, 0.3) is 0 Å². The Morgan fingerprint density at radius 3 is 2.64 bits per heavy atom. The van der Waals surface area contributed by atoms with Crippen molar-refractivity contribution in [3.63, 3.8) is 0 Å². The van der Waals surface area contributed by atoms with E-state index in [1.54, 1.807) is 6.92 Å². The molecule has 1 aliphatic rings. The molecule has 64 valence electrons. The van der Waals surface area contributed by atoms with Gasteiger partial charge in [-0.2, -0.15) is 0 Å². The lowest BCUT2D eigenvalue weighted by molar-refractivity contribution is -0.141. The molecule has 1 saturated heterocycles. The molecule has 0 spiro atoms. The molecule has 3 nitrogen and oxygen atoms in total. The molecule has 0 amide bonds. The van der Waals surface area contributed by atoms with E-state index >= 15 is 0 Å². The zero-order valence-corrected chi connectivity index (χ0v) is 6.91. The van der Waals surface area contributed by atoms with Gasteiger partial charge in [0.2, 0.25) is 0 Å². The molecule has 0 radical (unpaired) electrons. The number of carboxylic acids is 1. The van der Waals surface area contributed by atoms with Gasteiger partial charge >= 0.3 is 5.97 Å². The van der Waals surface area contributed by atoms with E-state index in [0.29, 0.717) is 12.5 Å². The van der Waals surface area contributed by atoms with Gasteiger partial charge in [-0.05, 0) is 12.8 Å². The van der Waals surface area contributed by atoms with E-state index in [1.165, 1.54) is 0 Å². The largest absolute Gasteiger partial charge is 0.481 e. The van der Waals surface area contributed by atoms with Gasteiger partial charge in [-0.1, -0.05) is 13.8 Å². The van der Waals surface area contributed by atoms with Crippen LogP contribution in [0.3, 0.4) is 0 Å². The molecule has 0 saturated carbocycles. The van der Waals surface area contributed by atoms with Crippen molar-refractivity contribution in [2.75, 3.05) is 0 Å². The van der Waals surface area contributed by atoms with Crippen LogP contribution in [0.5, 0.6) is 0 Å². The minimum Gasteiger partial charge on any atom is -0.481 e. The third-order valence-electron chi connectivity index (χ3n) is 2.10. The summed E-state index contributed by atoms with van der Waals surface area (Å²) in [6, 6.07) is 0. The second kappa shape index (κ2) is 3.22. The molecule has 0 aromatic carbocycles. The van der Waals surface area contributed by atoms with Gasteiger partial charge in [0, 0.05) is 0 Å². The van der Waals surface area contributed by atoms with Gasteiger partial charge in [-0.25, -0.2) is 0 Å². The van der Waals surface area contributed by atoms with E-state index in [1.807, 2.05) is 0 Å². The highest BCUT2D eigenvalue weighted by Crippen LogP contribution is 2.30. The van der Waals surface area contributed by atoms with Crippen LogP contribution in [-0.4, -0.2) is 23.3 Å². The summed E-state index contributed by atoms with van der Waals surface area (Å²) in [5.41, 5.74) is 0. The fraction of sp³-hybridized carbons (Fsp3) is 0.875. The number of ether oxygens (including phenoxy) is 1. The van der Waals surface area contributed by atoms with Gasteiger partial charge in [-0.3, -0.25) is 4.79 Å². The summed E-state index contributed by atoms with van der Waals surface area (Å²) in [5, 5.41) is 8.56. The molecule has 0 aromatic heterocycles. The fourth-order valence-corrected chi connectivity index (χ4v) is 1.19. The Morgan fingerprint density at radius 2 is 2.27 bits per heavy atom. The Morgan fingerprint density at radius 1 is 1.64 bits per heavy atom. The predicted octanol–water partition coefficient (Wildman–Crippen LogP) is 1.27. The maximum atomic E-state index is 10.4. The van der Waals surface area contributed by atoms with E-state index in [-0.39, 0.29) is 12.0 Å². The maximum absolute atomic E-state index is 10.4. The Hall–Kier alpha value is -0.570. The smallest absolute Gasteiger partial charge is 0.306 e. The number of hydrogen-bond acceptors (Lipinski definition) is 2. The van der Waals surface area contributed by atoms with Gasteiger partial charge in [-0.15, -0.1) is 0 Å². The van der Waals surface area contributed by atoms with Gasteiger partial charge in [0.25, 0.3) is 0 Å². The quantitative estimate of drug-likeness (QED) is 0.627. The summed E-state index contributed by atoms with van der Waals surface area (Å²) in [6.07, 6.45) is 2.20. The molecular weight excluding hydrogens is 144 g/mol.